The van der Waals surface area contributed by atoms with Crippen LogP contribution in [0, 0.1) is 17.5 Å². The van der Waals surface area contributed by atoms with E-state index in [0.29, 0.717) is 35.6 Å². The highest BCUT2D eigenvalue weighted by atomic mass is 35.5. The van der Waals surface area contributed by atoms with Crippen molar-refractivity contribution < 1.29 is 41.8 Å². The predicted molar refractivity (Wildman–Crippen MR) is 206 cm³/mol. The first-order valence-electron chi connectivity index (χ1n) is 17.9. The molecule has 0 saturated carbocycles. The maximum Gasteiger partial charge on any atom is 0.410 e. The summed E-state index contributed by atoms with van der Waals surface area (Å²) in [6.45, 7) is 11.3. The Balaban J connectivity index is 1.29. The maximum atomic E-state index is 15.5. The summed E-state index contributed by atoms with van der Waals surface area (Å²) in [6, 6.07) is 16.8. The van der Waals surface area contributed by atoms with E-state index in [9.17, 15) is 23.2 Å². The van der Waals surface area contributed by atoms with E-state index in [1.165, 1.54) is 48.5 Å². The zero-order valence-electron chi connectivity index (χ0n) is 31.7. The van der Waals surface area contributed by atoms with Gasteiger partial charge in [0.2, 0.25) is 5.91 Å². The Kier molecular flexibility index (Phi) is 12.7. The molecule has 55 heavy (non-hydrogen) atoms. The number of nitrogens with zero attached hydrogens (tertiary/aromatic N) is 1. The van der Waals surface area contributed by atoms with Crippen LogP contribution in [0.25, 0.3) is 11.1 Å². The molecule has 0 aromatic heterocycles. The first-order chi connectivity index (χ1) is 25.8. The third kappa shape index (κ3) is 11.4. The van der Waals surface area contributed by atoms with Crippen LogP contribution in [0.1, 0.15) is 75.9 Å². The van der Waals surface area contributed by atoms with Gasteiger partial charge in [0.05, 0.1) is 29.4 Å². The minimum absolute atomic E-state index is 0.108. The van der Waals surface area contributed by atoms with Gasteiger partial charge in [0.25, 0.3) is 0 Å². The van der Waals surface area contributed by atoms with Crippen molar-refractivity contribution in [3.8, 4) is 16.9 Å². The summed E-state index contributed by atoms with van der Waals surface area (Å²) in [7, 11) is 0. The number of esters is 1. The molecule has 0 aliphatic carbocycles. The van der Waals surface area contributed by atoms with E-state index < -0.39 is 46.6 Å². The Morgan fingerprint density at radius 3 is 2.15 bits per heavy atom. The SMILES string of the molecule is CC(C)(C)OC(=O)c1ccc(NC(=O)Cc2ccc(-c3ccc(F)c(OCc4ccc(Cl)cc4F)c3)cc2F)c(NCC2CCCN2C(=O)OC(C)(C)C)c1. The number of carbonyl (C=O) groups excluding carboxylic acids is 3. The fraction of sp³-hybridized carbons (Fsp3) is 0.357. The monoisotopic (exact) mass is 779 g/mol. The smallest absolute Gasteiger partial charge is 0.410 e. The summed E-state index contributed by atoms with van der Waals surface area (Å²) >= 11 is 5.81. The zero-order valence-corrected chi connectivity index (χ0v) is 32.4. The molecule has 292 valence electrons. The van der Waals surface area contributed by atoms with Gasteiger partial charge in [-0.25, -0.2) is 22.8 Å². The standard InChI is InChI=1S/C42H45ClF3N3O6/c1-41(2,3)54-39(51)28-13-16-35(36(19-28)47-23-31-8-7-17-49(31)40(52)55-42(4,5)6)48-38(50)21-27-10-9-25(18-33(27)45)26-12-15-32(44)37(20-26)53-24-29-11-14-30(43)22-34(29)46/h9-16,18-20,22,31,47H,7-8,17,21,23-24H2,1-6H3,(H,48,50). The topological polar surface area (TPSA) is 106 Å². The Labute approximate surface area is 324 Å². The molecule has 9 nitrogen and oxygen atoms in total. The van der Waals surface area contributed by atoms with Gasteiger partial charge < -0.3 is 29.7 Å². The average molecular weight is 780 g/mol. The average Bonchev–Trinajstić information content (AvgIpc) is 3.56. The Bertz CT molecular complexity index is 2060. The molecule has 1 unspecified atom stereocenters. The van der Waals surface area contributed by atoms with Crippen molar-refractivity contribution in [2.45, 2.75) is 84.7 Å². The van der Waals surface area contributed by atoms with Gasteiger partial charge in [0.1, 0.15) is 29.4 Å². The van der Waals surface area contributed by atoms with Crippen molar-refractivity contribution in [1.29, 1.82) is 0 Å². The van der Waals surface area contributed by atoms with Crippen LogP contribution >= 0.6 is 11.6 Å². The van der Waals surface area contributed by atoms with Crippen molar-refractivity contribution in [2.75, 3.05) is 23.7 Å². The normalized spacial score (nSPS) is 14.4. The lowest BCUT2D eigenvalue weighted by Gasteiger charge is -2.29. The van der Waals surface area contributed by atoms with E-state index in [1.807, 2.05) is 0 Å². The molecule has 1 heterocycles. The van der Waals surface area contributed by atoms with Crippen molar-refractivity contribution >= 4 is 40.9 Å². The molecule has 1 aliphatic rings. The lowest BCUT2D eigenvalue weighted by atomic mass is 10.0. The van der Waals surface area contributed by atoms with E-state index in [-0.39, 0.29) is 46.5 Å². The Morgan fingerprint density at radius 1 is 0.782 bits per heavy atom. The minimum atomic E-state index is -0.736. The van der Waals surface area contributed by atoms with Crippen LogP contribution in [-0.2, 0) is 27.3 Å². The highest BCUT2D eigenvalue weighted by Crippen LogP contribution is 2.31. The zero-order chi connectivity index (χ0) is 40.1. The van der Waals surface area contributed by atoms with Gasteiger partial charge in [0.15, 0.2) is 11.6 Å². The number of rotatable bonds is 11. The first-order valence-corrected chi connectivity index (χ1v) is 18.3. The number of benzene rings is 4. The number of hydrogen-bond acceptors (Lipinski definition) is 7. The van der Waals surface area contributed by atoms with Crippen molar-refractivity contribution in [2.24, 2.45) is 0 Å². The van der Waals surface area contributed by atoms with Crippen LogP contribution in [0.5, 0.6) is 5.75 Å². The lowest BCUT2D eigenvalue weighted by Crippen LogP contribution is -2.42. The van der Waals surface area contributed by atoms with Gasteiger partial charge in [0, 0.05) is 23.7 Å². The number of halogens is 4. The number of hydrogen-bond donors (Lipinski definition) is 2. The van der Waals surface area contributed by atoms with Crippen molar-refractivity contribution in [3.63, 3.8) is 0 Å². The van der Waals surface area contributed by atoms with Gasteiger partial charge in [-0.2, -0.15) is 0 Å². The largest absolute Gasteiger partial charge is 0.486 e. The summed E-state index contributed by atoms with van der Waals surface area (Å²) in [5.41, 5.74) is 0.750. The summed E-state index contributed by atoms with van der Waals surface area (Å²) in [4.78, 5) is 40.8. The number of likely N-dealkylation sites (tertiary alicyclic amines) is 1. The molecule has 5 rings (SSSR count). The van der Waals surface area contributed by atoms with E-state index in [2.05, 4.69) is 10.6 Å². The Morgan fingerprint density at radius 2 is 1.45 bits per heavy atom. The second-order valence-corrected chi connectivity index (χ2v) is 15.8. The number of nitrogens with one attached hydrogen (secondary N) is 2. The van der Waals surface area contributed by atoms with Crippen LogP contribution in [0.4, 0.5) is 29.3 Å². The summed E-state index contributed by atoms with van der Waals surface area (Å²) in [5.74, 6) is -3.16. The lowest BCUT2D eigenvalue weighted by molar-refractivity contribution is -0.115. The van der Waals surface area contributed by atoms with Crippen LogP contribution in [0.2, 0.25) is 5.02 Å². The van der Waals surface area contributed by atoms with Crippen LogP contribution in [0.3, 0.4) is 0 Å². The van der Waals surface area contributed by atoms with Crippen molar-refractivity contribution in [1.82, 2.24) is 4.90 Å². The second-order valence-electron chi connectivity index (χ2n) is 15.3. The molecule has 1 saturated heterocycles. The molecule has 0 spiro atoms. The van der Waals surface area contributed by atoms with Crippen molar-refractivity contribution in [3.05, 3.63) is 112 Å². The summed E-state index contributed by atoms with van der Waals surface area (Å²) < 4.78 is 61.0. The fourth-order valence-electron chi connectivity index (χ4n) is 5.93. The van der Waals surface area contributed by atoms with Crippen LogP contribution < -0.4 is 15.4 Å². The molecule has 13 heteroatoms. The van der Waals surface area contributed by atoms with E-state index in [1.54, 1.807) is 64.6 Å². The van der Waals surface area contributed by atoms with Gasteiger partial charge in [-0.05, 0) is 120 Å². The molecule has 0 radical (unpaired) electrons. The molecular weight excluding hydrogens is 735 g/mol. The highest BCUT2D eigenvalue weighted by Gasteiger charge is 2.32. The van der Waals surface area contributed by atoms with Gasteiger partial charge in [-0.15, -0.1) is 0 Å². The maximum absolute atomic E-state index is 15.5. The van der Waals surface area contributed by atoms with E-state index >= 15 is 4.39 Å². The fourth-order valence-corrected chi connectivity index (χ4v) is 6.08. The second kappa shape index (κ2) is 17.1. The third-order valence-corrected chi connectivity index (χ3v) is 8.76. The first kappa shape index (κ1) is 40.9. The van der Waals surface area contributed by atoms with Crippen LogP contribution in [0.15, 0.2) is 72.8 Å². The van der Waals surface area contributed by atoms with Gasteiger partial charge >= 0.3 is 12.1 Å². The van der Waals surface area contributed by atoms with Crippen LogP contribution in [-0.4, -0.2) is 53.2 Å². The minimum Gasteiger partial charge on any atom is -0.486 e. The Hall–Kier alpha value is -5.23. The third-order valence-electron chi connectivity index (χ3n) is 8.53. The molecule has 1 aliphatic heterocycles. The van der Waals surface area contributed by atoms with Gasteiger partial charge in [-0.1, -0.05) is 35.9 Å². The molecule has 2 amide bonds. The van der Waals surface area contributed by atoms with Gasteiger partial charge in [-0.3, -0.25) is 4.79 Å². The van der Waals surface area contributed by atoms with E-state index in [4.69, 9.17) is 25.8 Å². The predicted octanol–water partition coefficient (Wildman–Crippen LogP) is 9.95. The molecular formula is C42H45ClF3N3O6. The summed E-state index contributed by atoms with van der Waals surface area (Å²) in [6.07, 6.45) is 0.780. The van der Waals surface area contributed by atoms with E-state index in [0.717, 1.165) is 18.9 Å². The number of ether oxygens (including phenoxy) is 3. The number of anilines is 2. The molecule has 4 aromatic rings. The quantitative estimate of drug-likeness (QED) is 0.146. The molecule has 4 aromatic carbocycles. The molecule has 0 bridgehead atoms. The molecule has 2 N–H and O–H groups in total. The molecule has 1 fully saturated rings. The highest BCUT2D eigenvalue weighted by molar-refractivity contribution is 6.30. The number of carbonyl (C=O) groups is 3. The summed E-state index contributed by atoms with van der Waals surface area (Å²) in [5, 5.41) is 6.33. The number of amides is 2. The molecule has 1 atom stereocenters.